The molecule has 3 nitrogen and oxygen atoms in total. The van der Waals surface area contributed by atoms with E-state index in [2.05, 4.69) is 0 Å². The van der Waals surface area contributed by atoms with Crippen LogP contribution in [0, 0.1) is 0 Å². The Morgan fingerprint density at radius 1 is 1.17 bits per heavy atom. The molecule has 1 heterocycles. The summed E-state index contributed by atoms with van der Waals surface area (Å²) < 4.78 is 0.528. The molecule has 1 aromatic heterocycles. The molecular formula is C5H5Cl3FeNO2. The van der Waals surface area contributed by atoms with Gasteiger partial charge in [-0.2, -0.15) is 4.73 Å². The predicted octanol–water partition coefficient (Wildman–Crippen LogP) is -8.90. The zero-order chi connectivity index (χ0) is 5.98. The van der Waals surface area contributed by atoms with E-state index in [1.165, 1.54) is 12.3 Å². The summed E-state index contributed by atoms with van der Waals surface area (Å²) in [6.07, 6.45) is 1.28. The Morgan fingerprint density at radius 2 is 1.67 bits per heavy atom. The van der Waals surface area contributed by atoms with Gasteiger partial charge in [0, 0.05) is 12.3 Å². The minimum absolute atomic E-state index is 0. The number of hydrogen-bond acceptors (Lipinski definition) is 2. The maximum atomic E-state index is 10.3. The molecule has 0 aliphatic carbocycles. The molecule has 0 aliphatic rings. The maximum Gasteiger partial charge on any atom is 3.00 e. The second-order valence-electron chi connectivity index (χ2n) is 1.38. The fourth-order valence-corrected chi connectivity index (χ4v) is 0.419. The van der Waals surface area contributed by atoms with Gasteiger partial charge in [-0.15, -0.1) is 0 Å². The minimum atomic E-state index is -0.410. The van der Waals surface area contributed by atoms with E-state index in [0.29, 0.717) is 4.73 Å². The van der Waals surface area contributed by atoms with Gasteiger partial charge < -0.3 is 42.4 Å². The Bertz CT molecular complexity index is 242. The first-order valence-corrected chi connectivity index (χ1v) is 2.17. The molecule has 0 aromatic carbocycles. The van der Waals surface area contributed by atoms with Gasteiger partial charge in [-0.25, -0.2) is 0 Å². The summed E-state index contributed by atoms with van der Waals surface area (Å²) in [7, 11) is 0. The van der Waals surface area contributed by atoms with Crippen LogP contribution in [0.15, 0.2) is 29.2 Å². The molecule has 0 bridgehead atoms. The van der Waals surface area contributed by atoms with Gasteiger partial charge in [0.15, 0.2) is 0 Å². The van der Waals surface area contributed by atoms with Gasteiger partial charge in [0.05, 0.1) is 0 Å². The molecule has 0 saturated heterocycles. The van der Waals surface area contributed by atoms with Crippen LogP contribution in [-0.4, -0.2) is 9.94 Å². The van der Waals surface area contributed by atoms with E-state index in [-0.39, 0.29) is 54.3 Å². The summed E-state index contributed by atoms with van der Waals surface area (Å²) in [4.78, 5) is 10.3. The first-order valence-electron chi connectivity index (χ1n) is 2.17. The Labute approximate surface area is 98.8 Å². The Balaban J connectivity index is -0.0000000800. The molecule has 0 fully saturated rings. The van der Waals surface area contributed by atoms with Crippen molar-refractivity contribution in [3.63, 3.8) is 0 Å². The van der Waals surface area contributed by atoms with Crippen molar-refractivity contribution in [1.82, 2.24) is 4.73 Å². The number of rotatable bonds is 0. The second kappa shape index (κ2) is 11.1. The van der Waals surface area contributed by atoms with Crippen LogP contribution in [-0.2, 0) is 17.1 Å². The van der Waals surface area contributed by atoms with Gasteiger partial charge in [0.1, 0.15) is 0 Å². The standard InChI is InChI=1S/C5H5NO2.3ClH.Fe/c7-5-3-1-2-4-6(5)8;;;;/h1-4,8H;3*1H;/q;;;;+3/p-3. The van der Waals surface area contributed by atoms with E-state index in [1.54, 1.807) is 12.1 Å². The van der Waals surface area contributed by atoms with Crippen molar-refractivity contribution in [1.29, 1.82) is 0 Å². The van der Waals surface area contributed by atoms with E-state index in [1.807, 2.05) is 0 Å². The summed E-state index contributed by atoms with van der Waals surface area (Å²) >= 11 is 0. The number of nitrogens with zero attached hydrogens (tertiary/aromatic N) is 1. The average Bonchev–Trinajstić information content (AvgIpc) is 1.77. The van der Waals surface area contributed by atoms with Crippen molar-refractivity contribution in [2.45, 2.75) is 0 Å². The molecule has 1 N–H and O–H groups in total. The average molecular weight is 273 g/mol. The molecule has 0 saturated carbocycles. The van der Waals surface area contributed by atoms with Crippen molar-refractivity contribution < 1.29 is 59.5 Å². The van der Waals surface area contributed by atoms with Crippen LogP contribution in [0.5, 0.6) is 0 Å². The van der Waals surface area contributed by atoms with Gasteiger partial charge in [0.2, 0.25) is 0 Å². The zero-order valence-electron chi connectivity index (χ0n) is 5.60. The predicted molar refractivity (Wildman–Crippen MR) is 27.9 cm³/mol. The van der Waals surface area contributed by atoms with Crippen LogP contribution in [0.2, 0.25) is 0 Å². The van der Waals surface area contributed by atoms with Gasteiger partial charge in [-0.3, -0.25) is 4.79 Å². The molecule has 0 aliphatic heterocycles. The molecule has 7 heteroatoms. The van der Waals surface area contributed by atoms with Gasteiger partial charge in [-0.05, 0) is 6.07 Å². The summed E-state index contributed by atoms with van der Waals surface area (Å²) in [6, 6.07) is 4.41. The van der Waals surface area contributed by atoms with Crippen molar-refractivity contribution in [3.05, 3.63) is 34.7 Å². The molecule has 71 valence electrons. The van der Waals surface area contributed by atoms with Crippen molar-refractivity contribution in [2.24, 2.45) is 0 Å². The van der Waals surface area contributed by atoms with Crippen LogP contribution in [0.25, 0.3) is 0 Å². The topological polar surface area (TPSA) is 42.2 Å². The van der Waals surface area contributed by atoms with E-state index in [0.717, 1.165) is 0 Å². The zero-order valence-corrected chi connectivity index (χ0v) is 8.97. The molecular weight excluding hydrogens is 268 g/mol. The van der Waals surface area contributed by atoms with E-state index < -0.39 is 5.56 Å². The summed E-state index contributed by atoms with van der Waals surface area (Å²) in [5, 5.41) is 8.52. The summed E-state index contributed by atoms with van der Waals surface area (Å²) in [5.41, 5.74) is -0.410. The van der Waals surface area contributed by atoms with Crippen molar-refractivity contribution in [3.8, 4) is 0 Å². The summed E-state index contributed by atoms with van der Waals surface area (Å²) in [5.74, 6) is 0. The maximum absolute atomic E-state index is 10.3. The van der Waals surface area contributed by atoms with Crippen LogP contribution < -0.4 is 42.8 Å². The van der Waals surface area contributed by atoms with Gasteiger partial charge >= 0.3 is 17.1 Å². The van der Waals surface area contributed by atoms with Gasteiger partial charge in [-0.1, -0.05) is 6.07 Å². The van der Waals surface area contributed by atoms with Crippen LogP contribution in [0.3, 0.4) is 0 Å². The van der Waals surface area contributed by atoms with Crippen LogP contribution >= 0.6 is 0 Å². The molecule has 0 spiro atoms. The number of hydrogen-bond donors (Lipinski definition) is 1. The number of pyridine rings is 1. The quantitative estimate of drug-likeness (QED) is 0.377. The SMILES string of the molecule is O=c1ccccn1O.[Cl-].[Cl-].[Cl-].[Fe+3]. The van der Waals surface area contributed by atoms with Crippen LogP contribution in [0.4, 0.5) is 0 Å². The fraction of sp³-hybridized carbons (Fsp3) is 0. The monoisotopic (exact) mass is 272 g/mol. The Hall–Kier alpha value is 0.139. The Morgan fingerprint density at radius 3 is 1.92 bits per heavy atom. The van der Waals surface area contributed by atoms with Crippen LogP contribution in [0.1, 0.15) is 0 Å². The third-order valence-electron chi connectivity index (χ3n) is 0.803. The number of aromatic nitrogens is 1. The van der Waals surface area contributed by atoms with E-state index in [4.69, 9.17) is 5.21 Å². The largest absolute Gasteiger partial charge is 3.00 e. The smallest absolute Gasteiger partial charge is 1.00 e. The molecule has 1 aromatic rings. The molecule has 1 radical (unpaired) electrons. The van der Waals surface area contributed by atoms with Gasteiger partial charge in [0.25, 0.3) is 5.56 Å². The first kappa shape index (κ1) is 22.7. The molecule has 1 rings (SSSR count). The second-order valence-corrected chi connectivity index (χ2v) is 1.38. The van der Waals surface area contributed by atoms with E-state index in [9.17, 15) is 4.79 Å². The summed E-state index contributed by atoms with van der Waals surface area (Å²) in [6.45, 7) is 0. The third kappa shape index (κ3) is 6.83. The normalized spacial score (nSPS) is 6.00. The first-order chi connectivity index (χ1) is 3.80. The molecule has 0 amide bonds. The fourth-order valence-electron chi connectivity index (χ4n) is 0.419. The molecule has 0 unspecified atom stereocenters. The number of halogens is 3. The minimum Gasteiger partial charge on any atom is -1.00 e. The van der Waals surface area contributed by atoms with Crippen molar-refractivity contribution >= 4 is 0 Å². The molecule has 0 atom stereocenters. The third-order valence-corrected chi connectivity index (χ3v) is 0.803. The molecule has 12 heavy (non-hydrogen) atoms. The van der Waals surface area contributed by atoms with E-state index >= 15 is 0 Å². The van der Waals surface area contributed by atoms with Crippen molar-refractivity contribution in [2.75, 3.05) is 0 Å². The Kier molecular flexibility index (Phi) is 21.1.